The third-order valence-corrected chi connectivity index (χ3v) is 1.22. The molecule has 0 aliphatic carbocycles. The van der Waals surface area contributed by atoms with E-state index >= 15 is 0 Å². The van der Waals surface area contributed by atoms with Gasteiger partial charge in [0.15, 0.2) is 0 Å². The lowest BCUT2D eigenvalue weighted by Crippen LogP contribution is -3.00. The monoisotopic (exact) mass is 120 g/mol. The van der Waals surface area contributed by atoms with E-state index in [2.05, 4.69) is 19.7 Å². The van der Waals surface area contributed by atoms with E-state index in [0.29, 0.717) is 0 Å². The highest BCUT2D eigenvalue weighted by Crippen LogP contribution is 1.73. The van der Waals surface area contributed by atoms with Gasteiger partial charge in [-0.3, -0.25) is 0 Å². The molecular formula is C4H9ClSi-. The van der Waals surface area contributed by atoms with Crippen molar-refractivity contribution >= 4 is 8.80 Å². The van der Waals surface area contributed by atoms with Crippen LogP contribution in [0.25, 0.3) is 0 Å². The van der Waals surface area contributed by atoms with Gasteiger partial charge in [0.2, 0.25) is 0 Å². The molecule has 0 fully saturated rings. The van der Waals surface area contributed by atoms with Crippen molar-refractivity contribution in [3.05, 3.63) is 12.3 Å². The molecule has 0 aliphatic heterocycles. The maximum absolute atomic E-state index is 3.61. The van der Waals surface area contributed by atoms with Crippen LogP contribution in [-0.2, 0) is 0 Å². The third kappa shape index (κ3) is 8.87. The van der Waals surface area contributed by atoms with Gasteiger partial charge < -0.3 is 12.4 Å². The lowest BCUT2D eigenvalue weighted by atomic mass is 11.3. The van der Waals surface area contributed by atoms with E-state index in [-0.39, 0.29) is 21.2 Å². The zero-order valence-electron chi connectivity index (χ0n) is 4.16. The van der Waals surface area contributed by atoms with E-state index in [1.165, 1.54) is 0 Å². The summed E-state index contributed by atoms with van der Waals surface area (Å²) < 4.78 is 0. The largest absolute Gasteiger partial charge is 1.00 e. The molecule has 0 aromatic carbocycles. The highest BCUT2D eigenvalue weighted by atomic mass is 35.5. The molecule has 0 aromatic rings. The summed E-state index contributed by atoms with van der Waals surface area (Å²) in [5.41, 5.74) is 2.02. The Kier molecular flexibility index (Phi) is 8.34. The molecular weight excluding hydrogens is 112 g/mol. The van der Waals surface area contributed by atoms with Crippen LogP contribution < -0.4 is 12.4 Å². The predicted octanol–water partition coefficient (Wildman–Crippen LogP) is -1.53. The first-order chi connectivity index (χ1) is 2.27. The van der Waals surface area contributed by atoms with Gasteiger partial charge in [-0.1, -0.05) is 13.1 Å². The summed E-state index contributed by atoms with van der Waals surface area (Å²) in [6.07, 6.45) is 0. The molecule has 0 spiro atoms. The Hall–Kier alpha value is 0.247. The summed E-state index contributed by atoms with van der Waals surface area (Å²) >= 11 is 0. The van der Waals surface area contributed by atoms with Crippen LogP contribution in [0.5, 0.6) is 0 Å². The Bertz CT molecular complexity index is 34.5. The van der Waals surface area contributed by atoms with E-state index in [4.69, 9.17) is 0 Å². The zero-order valence-corrected chi connectivity index (χ0v) is 5.92. The second kappa shape index (κ2) is 5.25. The first-order valence-corrected chi connectivity index (χ1v) is 4.27. The Morgan fingerprint density at radius 2 is 1.67 bits per heavy atom. The molecule has 0 atom stereocenters. The van der Waals surface area contributed by atoms with Crippen molar-refractivity contribution < 1.29 is 12.4 Å². The van der Waals surface area contributed by atoms with Crippen LogP contribution in [0.2, 0.25) is 13.1 Å². The standard InChI is InChI=1S/C4H9Si.ClH/c1-4-5(2)3;/h4H,1H2,2-3H3;1H/p-1. The fraction of sp³-hybridized carbons (Fsp3) is 0.500. The van der Waals surface area contributed by atoms with E-state index in [1.807, 2.05) is 5.70 Å². The Morgan fingerprint density at radius 1 is 1.50 bits per heavy atom. The molecule has 0 heterocycles. The molecule has 0 rings (SSSR count). The lowest BCUT2D eigenvalue weighted by Gasteiger charge is -1.80. The third-order valence-electron chi connectivity index (χ3n) is 0.408. The SMILES string of the molecule is C=C[Si](C)C.[Cl-]. The fourth-order valence-corrected chi connectivity index (χ4v) is 0. The minimum atomic E-state index is -0.110. The fourth-order valence-electron chi connectivity index (χ4n) is 0. The van der Waals surface area contributed by atoms with Crippen LogP contribution in [0.15, 0.2) is 12.3 Å². The minimum absolute atomic E-state index is 0. The maximum atomic E-state index is 3.61. The average Bonchev–Trinajstić information content (AvgIpc) is 1.38. The summed E-state index contributed by atoms with van der Waals surface area (Å²) in [7, 11) is -0.110. The highest BCUT2D eigenvalue weighted by Gasteiger charge is 1.78. The first-order valence-electron chi connectivity index (χ1n) is 1.70. The molecule has 0 saturated heterocycles. The van der Waals surface area contributed by atoms with Gasteiger partial charge >= 0.3 is 0 Å². The van der Waals surface area contributed by atoms with Gasteiger partial charge in [0.25, 0.3) is 0 Å². The van der Waals surface area contributed by atoms with Crippen LogP contribution in [0.1, 0.15) is 0 Å². The molecule has 37 valence electrons. The number of hydrogen-bond donors (Lipinski definition) is 0. The van der Waals surface area contributed by atoms with Gasteiger partial charge in [-0.2, -0.15) is 0 Å². The Balaban J connectivity index is 0. The second-order valence-electron chi connectivity index (χ2n) is 1.28. The molecule has 0 nitrogen and oxygen atoms in total. The molecule has 1 radical (unpaired) electrons. The quantitative estimate of drug-likeness (QED) is 0.369. The van der Waals surface area contributed by atoms with Crippen molar-refractivity contribution in [2.45, 2.75) is 13.1 Å². The van der Waals surface area contributed by atoms with Crippen molar-refractivity contribution in [3.63, 3.8) is 0 Å². The molecule has 0 N–H and O–H groups in total. The summed E-state index contributed by atoms with van der Waals surface area (Å²) in [6, 6.07) is 0. The molecule has 0 bridgehead atoms. The lowest BCUT2D eigenvalue weighted by molar-refractivity contribution is -0.00000122. The zero-order chi connectivity index (χ0) is 4.28. The summed E-state index contributed by atoms with van der Waals surface area (Å²) in [5, 5.41) is 0. The average molecular weight is 121 g/mol. The molecule has 6 heavy (non-hydrogen) atoms. The summed E-state index contributed by atoms with van der Waals surface area (Å²) in [4.78, 5) is 0. The molecule has 0 aromatic heterocycles. The van der Waals surface area contributed by atoms with Crippen molar-refractivity contribution in [2.24, 2.45) is 0 Å². The maximum Gasteiger partial charge on any atom is 0.0685 e. The Labute approximate surface area is 47.3 Å². The van der Waals surface area contributed by atoms with Gasteiger partial charge in [0.05, 0.1) is 8.80 Å². The molecule has 0 amide bonds. The highest BCUT2D eigenvalue weighted by molar-refractivity contribution is 6.61. The van der Waals surface area contributed by atoms with Gasteiger partial charge in [-0.15, -0.1) is 12.3 Å². The van der Waals surface area contributed by atoms with E-state index in [1.54, 1.807) is 0 Å². The van der Waals surface area contributed by atoms with Crippen LogP contribution in [0, 0.1) is 0 Å². The number of rotatable bonds is 1. The predicted molar refractivity (Wildman–Crippen MR) is 27.7 cm³/mol. The smallest absolute Gasteiger partial charge is 0.0685 e. The van der Waals surface area contributed by atoms with Crippen molar-refractivity contribution in [2.75, 3.05) is 0 Å². The number of hydrogen-bond acceptors (Lipinski definition) is 0. The minimum Gasteiger partial charge on any atom is -1.00 e. The summed E-state index contributed by atoms with van der Waals surface area (Å²) in [6.45, 7) is 8.02. The summed E-state index contributed by atoms with van der Waals surface area (Å²) in [5.74, 6) is 0. The van der Waals surface area contributed by atoms with Crippen molar-refractivity contribution in [1.29, 1.82) is 0 Å². The van der Waals surface area contributed by atoms with Crippen molar-refractivity contribution in [3.8, 4) is 0 Å². The van der Waals surface area contributed by atoms with Crippen molar-refractivity contribution in [1.82, 2.24) is 0 Å². The van der Waals surface area contributed by atoms with Gasteiger partial charge in [0, 0.05) is 0 Å². The molecule has 2 heteroatoms. The van der Waals surface area contributed by atoms with Gasteiger partial charge in [-0.05, 0) is 0 Å². The van der Waals surface area contributed by atoms with Crippen LogP contribution in [-0.4, -0.2) is 8.80 Å². The number of halogens is 1. The van der Waals surface area contributed by atoms with Gasteiger partial charge in [-0.25, -0.2) is 0 Å². The molecule has 0 aliphatic rings. The van der Waals surface area contributed by atoms with E-state index in [9.17, 15) is 0 Å². The molecule has 0 unspecified atom stereocenters. The van der Waals surface area contributed by atoms with E-state index < -0.39 is 0 Å². The topological polar surface area (TPSA) is 0 Å². The first kappa shape index (κ1) is 9.54. The second-order valence-corrected chi connectivity index (χ2v) is 3.84. The molecule has 0 saturated carbocycles. The van der Waals surface area contributed by atoms with Crippen LogP contribution in [0.4, 0.5) is 0 Å². The van der Waals surface area contributed by atoms with Crippen LogP contribution >= 0.6 is 0 Å². The van der Waals surface area contributed by atoms with Gasteiger partial charge in [0.1, 0.15) is 0 Å². The Morgan fingerprint density at radius 3 is 1.67 bits per heavy atom. The van der Waals surface area contributed by atoms with E-state index in [0.717, 1.165) is 0 Å². The normalized spacial score (nSPS) is 7.17. The van der Waals surface area contributed by atoms with Crippen LogP contribution in [0.3, 0.4) is 0 Å².